The van der Waals surface area contributed by atoms with Crippen molar-refractivity contribution in [3.63, 3.8) is 0 Å². The van der Waals surface area contributed by atoms with Crippen LogP contribution in [0.5, 0.6) is 5.75 Å². The number of thiophene rings is 1. The first-order valence-corrected chi connectivity index (χ1v) is 41.1. The van der Waals surface area contributed by atoms with E-state index in [0.717, 1.165) is 35.5 Å². The number of hydrogen-bond acceptors (Lipinski definition) is 6. The monoisotopic (exact) mass is 1470 g/mol. The average Bonchev–Trinajstić information content (AvgIpc) is 1.50. The summed E-state index contributed by atoms with van der Waals surface area (Å²) in [6.45, 7) is 36.9. The van der Waals surface area contributed by atoms with Crippen molar-refractivity contribution < 1.29 is 9.15 Å². The van der Waals surface area contributed by atoms with Gasteiger partial charge in [0.05, 0.1) is 12.1 Å². The molecular weight excluding hydrogens is 1350 g/mol. The van der Waals surface area contributed by atoms with Crippen LogP contribution >= 0.6 is 23.1 Å². The highest BCUT2D eigenvalue weighted by Gasteiger charge is 2.10. The van der Waals surface area contributed by atoms with Crippen molar-refractivity contribution in [1.82, 2.24) is 9.97 Å². The van der Waals surface area contributed by atoms with Gasteiger partial charge in [0.15, 0.2) is 0 Å². The topological polar surface area (TPSA) is 48.2 Å². The minimum atomic E-state index is 0.860. The third kappa shape index (κ3) is 32.2. The molecule has 6 heterocycles. The Labute approximate surface area is 659 Å². The van der Waals surface area contributed by atoms with Crippen molar-refractivity contribution in [3.05, 3.63) is 376 Å². The predicted molar refractivity (Wildman–Crippen MR) is 490 cm³/mol. The number of rotatable bonds is 0. The zero-order valence-corrected chi connectivity index (χ0v) is 69.6. The Morgan fingerprint density at radius 2 is 0.611 bits per heavy atom. The summed E-state index contributed by atoms with van der Waals surface area (Å²) < 4.78 is 13.7. The molecule has 0 aliphatic carbocycles. The first kappa shape index (κ1) is 93.5. The molecule has 0 saturated heterocycles. The van der Waals surface area contributed by atoms with Crippen LogP contribution in [0.15, 0.2) is 374 Å². The highest BCUT2D eigenvalue weighted by Crippen LogP contribution is 2.34. The summed E-state index contributed by atoms with van der Waals surface area (Å²) in [5.74, 6) is 2.34. The highest BCUT2D eigenvalue weighted by atomic mass is 32.2. The van der Waals surface area contributed by atoms with E-state index in [1.165, 1.54) is 96.8 Å². The number of benzene rings is 13. The lowest BCUT2D eigenvalue weighted by Gasteiger charge is -2.02. The Morgan fingerprint density at radius 1 is 0.259 bits per heavy atom. The van der Waals surface area contributed by atoms with E-state index < -0.39 is 0 Å². The molecule has 0 atom stereocenters. The predicted octanol–water partition coefficient (Wildman–Crippen LogP) is 32.7. The number of thioether (sulfide) groups is 1. The van der Waals surface area contributed by atoms with Crippen molar-refractivity contribution >= 4 is 108 Å². The molecule has 0 saturated carbocycles. The lowest BCUT2D eigenvalue weighted by Crippen LogP contribution is -1.85. The van der Waals surface area contributed by atoms with Crippen LogP contribution in [0, 0.1) is 0 Å². The van der Waals surface area contributed by atoms with Crippen LogP contribution in [-0.2, 0) is 12.8 Å². The van der Waals surface area contributed by atoms with E-state index >= 15 is 0 Å². The second kappa shape index (κ2) is 61.5. The van der Waals surface area contributed by atoms with Crippen molar-refractivity contribution in [1.29, 1.82) is 0 Å². The molecule has 4 nitrogen and oxygen atoms in total. The Morgan fingerprint density at radius 3 is 1.04 bits per heavy atom. The van der Waals surface area contributed by atoms with Crippen LogP contribution in [0.1, 0.15) is 136 Å². The summed E-state index contributed by atoms with van der Waals surface area (Å²) >= 11 is 3.83. The number of ether oxygens (including phenoxy) is 1. The molecule has 0 unspecified atom stereocenters. The van der Waals surface area contributed by atoms with Crippen LogP contribution in [0.25, 0.3) is 85.3 Å². The SMILES string of the molecule is CC.CC.CC.CC.CC.CC.CC.CC.CC.c1ccc2c(c1)CCO2.c1ccc2c(c1)CCS2.c1ccc2c(c1)ccc1ccccc12.c1ccc2c(c1)oc1ccccc12.c1ccc2c(c1)sc1ccccc12.c1ccc2ccccc2c1.c1ccc2ncccc2c1.c1ccccc1.c1ccncc1. The Kier molecular flexibility index (Phi) is 53.2. The molecule has 0 radical (unpaired) electrons. The van der Waals surface area contributed by atoms with Gasteiger partial charge in [-0.05, 0) is 111 Å². The maximum absolute atomic E-state index is 5.65. The Balaban J connectivity index is 0.000000405. The van der Waals surface area contributed by atoms with Crippen LogP contribution < -0.4 is 4.74 Å². The van der Waals surface area contributed by atoms with Crippen molar-refractivity contribution in [2.45, 2.75) is 142 Å². The van der Waals surface area contributed by atoms with Gasteiger partial charge >= 0.3 is 0 Å². The fraction of sp³-hybridized carbons (Fsp3) is 0.216. The lowest BCUT2D eigenvalue weighted by molar-refractivity contribution is 0.357. The zero-order valence-electron chi connectivity index (χ0n) is 68.0. The van der Waals surface area contributed by atoms with Crippen LogP contribution in [-0.4, -0.2) is 22.3 Å². The number of furan rings is 1. The van der Waals surface area contributed by atoms with E-state index in [0.29, 0.717) is 0 Å². The molecule has 2 aliphatic heterocycles. The van der Waals surface area contributed by atoms with Gasteiger partial charge in [0, 0.05) is 72.0 Å². The molecule has 2 aliphatic rings. The van der Waals surface area contributed by atoms with Crippen LogP contribution in [0.4, 0.5) is 0 Å². The molecule has 0 fully saturated rings. The van der Waals surface area contributed by atoms with E-state index in [4.69, 9.17) is 9.15 Å². The summed E-state index contributed by atoms with van der Waals surface area (Å²) in [5, 5.41) is 14.3. The summed E-state index contributed by atoms with van der Waals surface area (Å²) in [6.07, 6.45) is 7.65. The van der Waals surface area contributed by atoms with Crippen LogP contribution in [0.2, 0.25) is 0 Å². The van der Waals surface area contributed by atoms with E-state index in [1.54, 1.807) is 12.4 Å². The van der Waals surface area contributed by atoms with Crippen molar-refractivity contribution in [3.8, 4) is 5.75 Å². The molecule has 13 aromatic carbocycles. The number of para-hydroxylation sites is 4. The number of hydrogen-bond donors (Lipinski definition) is 0. The Hall–Kier alpha value is -10.6. The van der Waals surface area contributed by atoms with Gasteiger partial charge < -0.3 is 9.15 Å². The van der Waals surface area contributed by atoms with Gasteiger partial charge in [-0.3, -0.25) is 9.97 Å². The number of aryl methyl sites for hydroxylation is 1. The quantitative estimate of drug-likeness (QED) is 0.142. The summed E-state index contributed by atoms with van der Waals surface area (Å²) in [7, 11) is 0. The molecule has 4 aromatic heterocycles. The third-order valence-corrected chi connectivity index (χ3v) is 17.1. The number of nitrogens with zero attached hydrogens (tertiary/aromatic N) is 2. The molecule has 17 aromatic rings. The summed E-state index contributed by atoms with van der Waals surface area (Å²) in [4.78, 5) is 9.45. The van der Waals surface area contributed by atoms with Gasteiger partial charge in [-0.25, -0.2) is 0 Å². The van der Waals surface area contributed by atoms with E-state index in [2.05, 4.69) is 222 Å². The minimum absolute atomic E-state index is 0.860. The second-order valence-electron chi connectivity index (χ2n) is 20.8. The number of pyridine rings is 2. The van der Waals surface area contributed by atoms with E-state index in [9.17, 15) is 0 Å². The first-order valence-electron chi connectivity index (χ1n) is 39.3. The van der Waals surface area contributed by atoms with Crippen molar-refractivity contribution in [2.24, 2.45) is 0 Å². The average molecular weight is 1470 g/mol. The number of aromatic nitrogens is 2. The standard InChI is InChI=1S/C14H10.C12H8O.C12H8S.C10H8.C9H7N.C8H8O.C8H8S.C6H6.C5H5N.9C2H6/c1-3-7-13-11(5-1)9-10-12-6-2-4-8-14(12)13;2*1-3-7-11-9(5-1)10-6-2-4-8-12(10)13-11;1-2-6-10-8-4-3-7-9(10)5-1;1-2-6-9-8(4-1)5-3-7-10-9;2*1-2-4-8-7(3-1)5-6-9-8;2*1-2-4-6-5-3-1;9*1-2/h1-10H;2*1-8H;1-8H;1-7H;2*1-4H,5-6H2;1-6H;1-5H;9*1-2H3. The van der Waals surface area contributed by atoms with E-state index in [-0.39, 0.29) is 0 Å². The third-order valence-electron chi connectivity index (χ3n) is 14.8. The smallest absolute Gasteiger partial charge is 0.135 e. The molecule has 6 heteroatoms. The molecular formula is C102H122N2O2S2. The van der Waals surface area contributed by atoms with Gasteiger partial charge in [0.25, 0.3) is 0 Å². The summed E-state index contributed by atoms with van der Waals surface area (Å²) in [6, 6.07) is 118. The molecule has 0 spiro atoms. The zero-order chi connectivity index (χ0) is 79.0. The molecule has 0 amide bonds. The summed E-state index contributed by atoms with van der Waals surface area (Å²) in [5.41, 5.74) is 5.86. The second-order valence-corrected chi connectivity index (χ2v) is 23.1. The van der Waals surface area contributed by atoms with Gasteiger partial charge in [-0.1, -0.05) is 410 Å². The van der Waals surface area contributed by atoms with Gasteiger partial charge in [-0.15, -0.1) is 23.1 Å². The Bertz CT molecular complexity index is 4310. The van der Waals surface area contributed by atoms with E-state index in [1.807, 2.05) is 287 Å². The van der Waals surface area contributed by atoms with Gasteiger partial charge in [0.2, 0.25) is 0 Å². The first-order chi connectivity index (χ1) is 53.7. The molecule has 19 rings (SSSR count). The number of fused-ring (bicyclic) bond motifs is 13. The van der Waals surface area contributed by atoms with Crippen molar-refractivity contribution in [2.75, 3.05) is 12.4 Å². The van der Waals surface area contributed by atoms with Crippen LogP contribution in [0.3, 0.4) is 0 Å². The maximum atomic E-state index is 5.65. The fourth-order valence-corrected chi connectivity index (χ4v) is 12.6. The molecule has 0 N–H and O–H groups in total. The minimum Gasteiger partial charge on any atom is -0.493 e. The molecule has 564 valence electrons. The fourth-order valence-electron chi connectivity index (χ4n) is 10.4. The van der Waals surface area contributed by atoms with Gasteiger partial charge in [-0.2, -0.15) is 0 Å². The highest BCUT2D eigenvalue weighted by molar-refractivity contribution is 7.99. The normalized spacial score (nSPS) is 9.83. The maximum Gasteiger partial charge on any atom is 0.135 e. The van der Waals surface area contributed by atoms with Gasteiger partial charge in [0.1, 0.15) is 16.9 Å². The largest absolute Gasteiger partial charge is 0.493 e. The lowest BCUT2D eigenvalue weighted by atomic mass is 10.0. The molecule has 108 heavy (non-hydrogen) atoms. The molecule has 0 bridgehead atoms.